The van der Waals surface area contributed by atoms with Crippen molar-refractivity contribution in [2.24, 2.45) is 11.8 Å². The summed E-state index contributed by atoms with van der Waals surface area (Å²) in [6.45, 7) is 11.4. The molecule has 1 aromatic carbocycles. The molecule has 1 aliphatic heterocycles. The molecule has 2 aliphatic rings. The maximum absolute atomic E-state index is 13.6. The van der Waals surface area contributed by atoms with E-state index in [-0.39, 0.29) is 23.6 Å². The summed E-state index contributed by atoms with van der Waals surface area (Å²) in [5, 5.41) is 7.75. The van der Waals surface area contributed by atoms with Crippen molar-refractivity contribution in [3.8, 4) is 0 Å². The number of fused-ring (bicyclic) bond motifs is 1. The molecule has 0 radical (unpaired) electrons. The Bertz CT molecular complexity index is 1400. The number of nitrogens with zero attached hydrogens (tertiary/aromatic N) is 1. The first-order valence-corrected chi connectivity index (χ1v) is 15.4. The average Bonchev–Trinajstić information content (AvgIpc) is 3.21. The van der Waals surface area contributed by atoms with Crippen LogP contribution >= 0.6 is 11.8 Å². The number of hydrogen-bond acceptors (Lipinski definition) is 5. The van der Waals surface area contributed by atoms with Crippen LogP contribution in [0.15, 0.2) is 40.0 Å². The van der Waals surface area contributed by atoms with E-state index >= 15 is 0 Å². The molecule has 1 aliphatic carbocycles. The fourth-order valence-electron chi connectivity index (χ4n) is 6.48. The molecule has 0 bridgehead atoms. The van der Waals surface area contributed by atoms with E-state index in [9.17, 15) is 9.59 Å². The fraction of sp³-hybridized carbons (Fsp3) is 0.548. The minimum Gasteiger partial charge on any atom is -0.377 e. The van der Waals surface area contributed by atoms with Gasteiger partial charge in [-0.05, 0) is 90.1 Å². The Morgan fingerprint density at radius 3 is 2.59 bits per heavy atom. The number of aryl methyl sites for hydroxylation is 1. The van der Waals surface area contributed by atoms with Crippen LogP contribution < -0.4 is 16.2 Å². The van der Waals surface area contributed by atoms with E-state index in [0.717, 1.165) is 46.9 Å². The number of rotatable bonds is 9. The predicted octanol–water partition coefficient (Wildman–Crippen LogP) is 5.34. The monoisotopic (exact) mass is 550 g/mol. The van der Waals surface area contributed by atoms with E-state index in [2.05, 4.69) is 53.1 Å². The average molecular weight is 551 g/mol. The summed E-state index contributed by atoms with van der Waals surface area (Å²) in [7, 11) is 0. The number of H-pyrrole nitrogens is 1. The van der Waals surface area contributed by atoms with E-state index in [1.165, 1.54) is 37.4 Å². The lowest BCUT2D eigenvalue weighted by atomic mass is 9.78. The van der Waals surface area contributed by atoms with E-state index in [1.54, 1.807) is 0 Å². The molecule has 0 spiro atoms. The second-order valence-electron chi connectivity index (χ2n) is 11.8. The third kappa shape index (κ3) is 5.70. The largest absolute Gasteiger partial charge is 0.377 e. The Hall–Kier alpha value is -2.55. The SMILES string of the molecule is CSc1cc(C)[nH]c(=O)c1CNC(=O)c1c(C)n([C@H](C)C2CCC(CNC3(C)COC3)CC2)c2ccccc12. The molecule has 8 heteroatoms. The maximum Gasteiger partial charge on any atom is 0.254 e. The Labute approximate surface area is 235 Å². The lowest BCUT2D eigenvalue weighted by Gasteiger charge is -2.41. The molecule has 1 amide bonds. The quantitative estimate of drug-likeness (QED) is 0.313. The maximum atomic E-state index is 13.6. The highest BCUT2D eigenvalue weighted by atomic mass is 32.2. The number of para-hydroxylation sites is 1. The first-order valence-electron chi connectivity index (χ1n) is 14.2. The van der Waals surface area contributed by atoms with Crippen LogP contribution in [-0.4, -0.2) is 47.0 Å². The number of benzene rings is 1. The zero-order chi connectivity index (χ0) is 27.7. The highest BCUT2D eigenvalue weighted by molar-refractivity contribution is 7.98. The number of thioether (sulfide) groups is 1. The Balaban J connectivity index is 1.32. The highest BCUT2D eigenvalue weighted by Gasteiger charge is 2.35. The molecule has 3 N–H and O–H groups in total. The molecule has 2 fully saturated rings. The lowest BCUT2D eigenvalue weighted by Crippen LogP contribution is -2.59. The number of hydrogen-bond donors (Lipinski definition) is 3. The number of amides is 1. The number of aromatic amines is 1. The zero-order valence-corrected chi connectivity index (χ0v) is 24.7. The van der Waals surface area contributed by atoms with Gasteiger partial charge < -0.3 is 24.9 Å². The van der Waals surface area contributed by atoms with Crippen LogP contribution in [-0.2, 0) is 11.3 Å². The molecule has 1 saturated heterocycles. The van der Waals surface area contributed by atoms with Gasteiger partial charge in [-0.3, -0.25) is 9.59 Å². The normalized spacial score (nSPS) is 21.5. The van der Waals surface area contributed by atoms with Crippen molar-refractivity contribution in [2.45, 2.75) is 76.4 Å². The third-order valence-electron chi connectivity index (χ3n) is 8.90. The molecular weight excluding hydrogens is 508 g/mol. The van der Waals surface area contributed by atoms with E-state index in [4.69, 9.17) is 4.74 Å². The van der Waals surface area contributed by atoms with Crippen molar-refractivity contribution in [3.05, 3.63) is 63.2 Å². The lowest BCUT2D eigenvalue weighted by molar-refractivity contribution is -0.0661. The minimum atomic E-state index is -0.145. The summed E-state index contributed by atoms with van der Waals surface area (Å²) in [4.78, 5) is 30.0. The van der Waals surface area contributed by atoms with Gasteiger partial charge in [0.05, 0.1) is 24.3 Å². The van der Waals surface area contributed by atoms with Crippen LogP contribution in [0.2, 0.25) is 0 Å². The number of nitrogens with one attached hydrogen (secondary N) is 3. The first kappa shape index (κ1) is 28.0. The molecule has 39 heavy (non-hydrogen) atoms. The van der Waals surface area contributed by atoms with Gasteiger partial charge in [0, 0.05) is 45.3 Å². The van der Waals surface area contributed by atoms with E-state index in [0.29, 0.717) is 29.0 Å². The number of ether oxygens (including phenoxy) is 1. The Kier molecular flexibility index (Phi) is 8.26. The minimum absolute atomic E-state index is 0.134. The van der Waals surface area contributed by atoms with Crippen LogP contribution in [0.25, 0.3) is 10.9 Å². The molecule has 3 aromatic rings. The van der Waals surface area contributed by atoms with Gasteiger partial charge in [0.1, 0.15) is 0 Å². The highest BCUT2D eigenvalue weighted by Crippen LogP contribution is 2.39. The second-order valence-corrected chi connectivity index (χ2v) is 12.7. The van der Waals surface area contributed by atoms with Crippen LogP contribution in [0.4, 0.5) is 0 Å². The summed E-state index contributed by atoms with van der Waals surface area (Å²) in [6.07, 6.45) is 6.80. The van der Waals surface area contributed by atoms with Gasteiger partial charge in [0.15, 0.2) is 0 Å². The summed E-state index contributed by atoms with van der Waals surface area (Å²) < 4.78 is 7.77. The van der Waals surface area contributed by atoms with Crippen molar-refractivity contribution >= 4 is 28.6 Å². The second kappa shape index (κ2) is 11.5. The molecule has 210 valence electrons. The Morgan fingerprint density at radius 2 is 1.92 bits per heavy atom. The van der Waals surface area contributed by atoms with Gasteiger partial charge in [0.2, 0.25) is 0 Å². The van der Waals surface area contributed by atoms with E-state index in [1.807, 2.05) is 31.4 Å². The van der Waals surface area contributed by atoms with Crippen LogP contribution in [0.1, 0.15) is 72.9 Å². The molecule has 0 unspecified atom stereocenters. The zero-order valence-electron chi connectivity index (χ0n) is 23.9. The van der Waals surface area contributed by atoms with Crippen LogP contribution in [0.5, 0.6) is 0 Å². The van der Waals surface area contributed by atoms with Crippen LogP contribution in [0.3, 0.4) is 0 Å². The van der Waals surface area contributed by atoms with Gasteiger partial charge in [-0.1, -0.05) is 18.2 Å². The van der Waals surface area contributed by atoms with Gasteiger partial charge in [-0.15, -0.1) is 11.8 Å². The molecule has 2 aromatic heterocycles. The van der Waals surface area contributed by atoms with E-state index < -0.39 is 0 Å². The smallest absolute Gasteiger partial charge is 0.254 e. The number of aromatic nitrogens is 2. The van der Waals surface area contributed by atoms with Crippen LogP contribution in [0, 0.1) is 25.7 Å². The molecule has 1 atom stereocenters. The summed E-state index contributed by atoms with van der Waals surface area (Å²) in [5.41, 5.74) is 4.24. The van der Waals surface area contributed by atoms with Crippen molar-refractivity contribution in [1.29, 1.82) is 0 Å². The molecular formula is C31H42N4O3S. The molecule has 7 nitrogen and oxygen atoms in total. The van der Waals surface area contributed by atoms with Crippen molar-refractivity contribution in [3.63, 3.8) is 0 Å². The number of carbonyl (C=O) groups excluding carboxylic acids is 1. The number of pyridine rings is 1. The molecule has 5 rings (SSSR count). The van der Waals surface area contributed by atoms with Gasteiger partial charge in [-0.2, -0.15) is 0 Å². The topological polar surface area (TPSA) is 88.2 Å². The van der Waals surface area contributed by atoms with Crippen molar-refractivity contribution in [1.82, 2.24) is 20.2 Å². The van der Waals surface area contributed by atoms with Gasteiger partial charge >= 0.3 is 0 Å². The Morgan fingerprint density at radius 1 is 1.21 bits per heavy atom. The summed E-state index contributed by atoms with van der Waals surface area (Å²) >= 11 is 1.52. The molecule has 1 saturated carbocycles. The van der Waals surface area contributed by atoms with Gasteiger partial charge in [0.25, 0.3) is 11.5 Å². The van der Waals surface area contributed by atoms with Crippen molar-refractivity contribution in [2.75, 3.05) is 26.0 Å². The predicted molar refractivity (Wildman–Crippen MR) is 159 cm³/mol. The third-order valence-corrected chi connectivity index (χ3v) is 9.70. The number of carbonyl (C=O) groups is 1. The van der Waals surface area contributed by atoms with Gasteiger partial charge in [-0.25, -0.2) is 0 Å². The fourth-order valence-corrected chi connectivity index (χ4v) is 7.19. The summed E-state index contributed by atoms with van der Waals surface area (Å²) in [6, 6.07) is 10.5. The first-order chi connectivity index (χ1) is 18.7. The standard InChI is InChI=1S/C31H42N4O3S/c1-19-14-27(39-5)25(29(36)34-19)16-32-30(37)28-21(3)35(26-9-7-6-8-24(26)28)20(2)23-12-10-22(11-13-23)15-33-31(4)17-38-18-31/h6-9,14,20,22-23,33H,10-13,15-18H2,1-5H3,(H,32,37)(H,34,36)/t20-,22?,23?/m1/s1. The summed E-state index contributed by atoms with van der Waals surface area (Å²) in [5.74, 6) is 1.15. The molecule has 3 heterocycles. The van der Waals surface area contributed by atoms with Crippen molar-refractivity contribution < 1.29 is 9.53 Å².